The van der Waals surface area contributed by atoms with Crippen LogP contribution in [0, 0.1) is 11.8 Å². The summed E-state index contributed by atoms with van der Waals surface area (Å²) in [4.78, 5) is 32.6. The molecule has 2 bridgehead atoms. The van der Waals surface area contributed by atoms with Gasteiger partial charge in [-0.3, -0.25) is 9.59 Å². The van der Waals surface area contributed by atoms with Crippen molar-refractivity contribution < 1.29 is 19.1 Å². The molecule has 0 radical (unpaired) electrons. The lowest BCUT2D eigenvalue weighted by Crippen LogP contribution is -2.49. The Morgan fingerprint density at radius 3 is 2.67 bits per heavy atom. The molecule has 0 N–H and O–H groups in total. The fraction of sp³-hybridized carbons (Fsp3) is 0.800. The minimum Gasteiger partial charge on any atom is -0.378 e. The van der Waals surface area contributed by atoms with Crippen LogP contribution in [0.1, 0.15) is 19.3 Å². The molecule has 148 valence electrons. The molecule has 4 fully saturated rings. The van der Waals surface area contributed by atoms with Gasteiger partial charge in [0, 0.05) is 26.2 Å². The van der Waals surface area contributed by atoms with Gasteiger partial charge in [-0.05, 0) is 25.9 Å². The molecule has 4 saturated heterocycles. The summed E-state index contributed by atoms with van der Waals surface area (Å²) in [6.45, 7) is 6.87. The second-order valence-corrected chi connectivity index (χ2v) is 8.50. The Balaban J connectivity index is 1.29. The summed E-state index contributed by atoms with van der Waals surface area (Å²) in [5, 5.41) is 0. The highest BCUT2D eigenvalue weighted by Crippen LogP contribution is 2.52. The minimum absolute atomic E-state index is 0.0609. The molecule has 0 aromatic carbocycles. The zero-order valence-electron chi connectivity index (χ0n) is 15.8. The van der Waals surface area contributed by atoms with E-state index in [0.717, 1.165) is 26.2 Å². The molecular weight excluding hydrogens is 346 g/mol. The summed E-state index contributed by atoms with van der Waals surface area (Å²) in [6, 6.07) is 0. The average Bonchev–Trinajstić information content (AvgIpc) is 3.35. The second-order valence-electron chi connectivity index (χ2n) is 8.50. The van der Waals surface area contributed by atoms with Crippen LogP contribution in [-0.2, 0) is 19.1 Å². The van der Waals surface area contributed by atoms with Crippen LogP contribution in [0.3, 0.4) is 0 Å². The van der Waals surface area contributed by atoms with E-state index in [1.54, 1.807) is 0 Å². The molecule has 0 aromatic heterocycles. The molecule has 0 aromatic rings. The van der Waals surface area contributed by atoms with Gasteiger partial charge in [0.2, 0.25) is 11.8 Å². The first-order valence-corrected chi connectivity index (χ1v) is 10.4. The topological polar surface area (TPSA) is 62.3 Å². The zero-order valence-corrected chi connectivity index (χ0v) is 15.8. The molecule has 27 heavy (non-hydrogen) atoms. The third-order valence-electron chi connectivity index (χ3n) is 6.92. The van der Waals surface area contributed by atoms with Gasteiger partial charge in [-0.1, -0.05) is 18.6 Å². The lowest BCUT2D eigenvalue weighted by Gasteiger charge is -2.32. The van der Waals surface area contributed by atoms with Crippen LogP contribution in [0.4, 0.5) is 0 Å². The van der Waals surface area contributed by atoms with Gasteiger partial charge in [0.15, 0.2) is 0 Å². The number of nitrogens with zero attached hydrogens (tertiary/aromatic N) is 3. The van der Waals surface area contributed by atoms with E-state index in [1.165, 1.54) is 19.3 Å². The third-order valence-corrected chi connectivity index (χ3v) is 6.92. The number of carbonyl (C=O) groups excluding carboxylic acids is 2. The quantitative estimate of drug-likeness (QED) is 0.653. The summed E-state index contributed by atoms with van der Waals surface area (Å²) < 4.78 is 11.6. The number of rotatable bonds is 4. The van der Waals surface area contributed by atoms with Gasteiger partial charge < -0.3 is 24.2 Å². The van der Waals surface area contributed by atoms with Crippen molar-refractivity contribution in [1.29, 1.82) is 0 Å². The number of piperidine rings is 1. The summed E-state index contributed by atoms with van der Waals surface area (Å²) in [5.74, 6) is -0.569. The maximum Gasteiger partial charge on any atom is 0.230 e. The molecule has 5 heterocycles. The normalized spacial score (nSPS) is 38.7. The lowest BCUT2D eigenvalue weighted by atomic mass is 9.76. The molecule has 7 heteroatoms. The highest BCUT2D eigenvalue weighted by molar-refractivity contribution is 5.93. The number of carbonyl (C=O) groups is 2. The molecule has 7 nitrogen and oxygen atoms in total. The van der Waals surface area contributed by atoms with Crippen molar-refractivity contribution in [3.05, 3.63) is 12.2 Å². The molecule has 4 atom stereocenters. The summed E-state index contributed by atoms with van der Waals surface area (Å²) in [5.41, 5.74) is -0.587. The van der Waals surface area contributed by atoms with Crippen molar-refractivity contribution in [1.82, 2.24) is 14.7 Å². The van der Waals surface area contributed by atoms with Gasteiger partial charge in [-0.15, -0.1) is 0 Å². The van der Waals surface area contributed by atoms with E-state index in [1.807, 2.05) is 22.0 Å². The van der Waals surface area contributed by atoms with Gasteiger partial charge in [0.05, 0.1) is 37.7 Å². The van der Waals surface area contributed by atoms with E-state index in [0.29, 0.717) is 32.8 Å². The highest BCUT2D eigenvalue weighted by Gasteiger charge is 2.67. The van der Waals surface area contributed by atoms with Crippen molar-refractivity contribution in [2.45, 2.75) is 31.0 Å². The molecule has 1 spiro atoms. The van der Waals surface area contributed by atoms with Gasteiger partial charge in [0.25, 0.3) is 0 Å². The molecular formula is C20H29N3O4. The molecule has 0 aliphatic carbocycles. The Kier molecular flexibility index (Phi) is 4.49. The van der Waals surface area contributed by atoms with Gasteiger partial charge in [-0.25, -0.2) is 0 Å². The SMILES string of the molecule is O=C([C@@H]1[C@@H]2C=C[C@@]3(CN(CCN4CCCCC4)C(=O)[C@@H]13)O2)N1CCOCC1. The summed E-state index contributed by atoms with van der Waals surface area (Å²) in [7, 11) is 0. The maximum atomic E-state index is 13.2. The Hall–Kier alpha value is -1.44. The second kappa shape index (κ2) is 6.87. The van der Waals surface area contributed by atoms with Crippen LogP contribution in [0.5, 0.6) is 0 Å². The highest BCUT2D eigenvalue weighted by atomic mass is 16.5. The third kappa shape index (κ3) is 2.91. The summed E-state index contributed by atoms with van der Waals surface area (Å²) >= 11 is 0. The average molecular weight is 375 g/mol. The number of hydrogen-bond acceptors (Lipinski definition) is 5. The number of fused-ring (bicyclic) bond motifs is 1. The van der Waals surface area contributed by atoms with Crippen molar-refractivity contribution in [2.75, 3.05) is 59.0 Å². The van der Waals surface area contributed by atoms with Crippen molar-refractivity contribution >= 4 is 11.8 Å². The standard InChI is InChI=1S/C20H29N3O4/c24-18(22-10-12-26-13-11-22)16-15-4-5-20(27-15)14-23(19(25)17(16)20)9-8-21-6-2-1-3-7-21/h4-5,15-17H,1-3,6-14H2/t15-,16+,17+,20-/m0/s1. The molecule has 5 rings (SSSR count). The number of amides is 2. The van der Waals surface area contributed by atoms with Gasteiger partial charge in [-0.2, -0.15) is 0 Å². The smallest absolute Gasteiger partial charge is 0.230 e. The Bertz CT molecular complexity index is 641. The minimum atomic E-state index is -0.587. The molecule has 5 aliphatic heterocycles. The predicted octanol–water partition coefficient (Wildman–Crippen LogP) is 0.113. The van der Waals surface area contributed by atoms with Gasteiger partial charge in [0.1, 0.15) is 5.60 Å². The lowest BCUT2D eigenvalue weighted by molar-refractivity contribution is -0.146. The number of ether oxygens (including phenoxy) is 2. The molecule has 2 amide bonds. The number of hydrogen-bond donors (Lipinski definition) is 0. The van der Waals surface area contributed by atoms with E-state index in [4.69, 9.17) is 9.47 Å². The Morgan fingerprint density at radius 2 is 1.89 bits per heavy atom. The van der Waals surface area contributed by atoms with Crippen molar-refractivity contribution in [3.63, 3.8) is 0 Å². The van der Waals surface area contributed by atoms with Crippen LogP contribution in [0.25, 0.3) is 0 Å². The first-order valence-electron chi connectivity index (χ1n) is 10.4. The predicted molar refractivity (Wildman–Crippen MR) is 98.0 cm³/mol. The van der Waals surface area contributed by atoms with Crippen molar-refractivity contribution in [2.24, 2.45) is 11.8 Å². The largest absolute Gasteiger partial charge is 0.378 e. The van der Waals surface area contributed by atoms with E-state index < -0.39 is 5.60 Å². The van der Waals surface area contributed by atoms with E-state index in [-0.39, 0.29) is 29.8 Å². The van der Waals surface area contributed by atoms with E-state index in [2.05, 4.69) is 4.90 Å². The maximum absolute atomic E-state index is 13.2. The van der Waals surface area contributed by atoms with Gasteiger partial charge >= 0.3 is 0 Å². The van der Waals surface area contributed by atoms with Crippen LogP contribution < -0.4 is 0 Å². The summed E-state index contributed by atoms with van der Waals surface area (Å²) in [6.07, 6.45) is 7.62. The monoisotopic (exact) mass is 375 g/mol. The van der Waals surface area contributed by atoms with E-state index in [9.17, 15) is 9.59 Å². The fourth-order valence-corrected chi connectivity index (χ4v) is 5.49. The Morgan fingerprint density at radius 1 is 1.11 bits per heavy atom. The zero-order chi connectivity index (χ0) is 18.4. The fourth-order valence-electron chi connectivity index (χ4n) is 5.49. The van der Waals surface area contributed by atoms with Crippen LogP contribution in [0.2, 0.25) is 0 Å². The van der Waals surface area contributed by atoms with E-state index >= 15 is 0 Å². The van der Waals surface area contributed by atoms with Crippen molar-refractivity contribution in [3.8, 4) is 0 Å². The van der Waals surface area contributed by atoms with Crippen LogP contribution >= 0.6 is 0 Å². The first kappa shape index (κ1) is 17.6. The molecule has 0 saturated carbocycles. The number of morpholine rings is 1. The Labute approximate surface area is 160 Å². The molecule has 0 unspecified atom stereocenters. The number of likely N-dealkylation sites (tertiary alicyclic amines) is 2. The van der Waals surface area contributed by atoms with Crippen LogP contribution in [-0.4, -0.2) is 97.2 Å². The molecule has 5 aliphatic rings. The van der Waals surface area contributed by atoms with Crippen LogP contribution in [0.15, 0.2) is 12.2 Å². The first-order chi connectivity index (χ1) is 13.2.